The van der Waals surface area contributed by atoms with Crippen LogP contribution in [0.3, 0.4) is 0 Å². The van der Waals surface area contributed by atoms with E-state index >= 15 is 0 Å². The van der Waals surface area contributed by atoms with Crippen LogP contribution in [0.2, 0.25) is 0 Å². The van der Waals surface area contributed by atoms with E-state index in [1.807, 2.05) is 26.8 Å². The predicted molar refractivity (Wildman–Crippen MR) is 123 cm³/mol. The van der Waals surface area contributed by atoms with Crippen LogP contribution in [0.25, 0.3) is 10.2 Å². The van der Waals surface area contributed by atoms with Crippen molar-refractivity contribution >= 4 is 38.6 Å². The summed E-state index contributed by atoms with van der Waals surface area (Å²) in [4.78, 5) is 32.9. The van der Waals surface area contributed by atoms with Crippen molar-refractivity contribution in [3.8, 4) is 0 Å². The van der Waals surface area contributed by atoms with Crippen molar-refractivity contribution in [2.45, 2.75) is 70.9 Å². The van der Waals surface area contributed by atoms with E-state index in [1.54, 1.807) is 0 Å². The fraction of sp³-hybridized carbons (Fsp3) is 0.625. The van der Waals surface area contributed by atoms with Crippen molar-refractivity contribution in [1.29, 1.82) is 0 Å². The fourth-order valence-corrected chi connectivity index (χ4v) is 6.14. The lowest BCUT2D eigenvalue weighted by atomic mass is 9.58. The van der Waals surface area contributed by atoms with Gasteiger partial charge in [-0.05, 0) is 81.5 Å². The summed E-state index contributed by atoms with van der Waals surface area (Å²) >= 11 is 1.39. The van der Waals surface area contributed by atoms with Crippen molar-refractivity contribution in [2.75, 3.05) is 18.4 Å². The number of ether oxygens (including phenoxy) is 1. The molecule has 3 atom stereocenters. The van der Waals surface area contributed by atoms with Gasteiger partial charge in [-0.2, -0.15) is 0 Å². The zero-order valence-corrected chi connectivity index (χ0v) is 19.8. The number of piperidine rings is 1. The first-order valence-electron chi connectivity index (χ1n) is 11.3. The van der Waals surface area contributed by atoms with E-state index in [-0.39, 0.29) is 23.2 Å². The maximum Gasteiger partial charge on any atom is 0.413 e. The van der Waals surface area contributed by atoms with Crippen LogP contribution < -0.4 is 5.32 Å². The number of nitrogens with zero attached hydrogens (tertiary/aromatic N) is 2. The first-order chi connectivity index (χ1) is 14.5. The van der Waals surface area contributed by atoms with Gasteiger partial charge in [0.05, 0.1) is 16.3 Å². The Labute approximate surface area is 187 Å². The maximum atomic E-state index is 13.6. The number of rotatable bonds is 3. The number of benzene rings is 1. The van der Waals surface area contributed by atoms with Crippen LogP contribution in [-0.2, 0) is 10.2 Å². The Hall–Kier alpha value is -1.99. The molecule has 1 N–H and O–H groups in total. The molecule has 5 rings (SSSR count). The first-order valence-corrected chi connectivity index (χ1v) is 12.1. The number of carbonyl (C=O) groups excluding carboxylic acids is 2. The number of thiazole rings is 1. The molecule has 31 heavy (non-hydrogen) atoms. The van der Waals surface area contributed by atoms with Gasteiger partial charge in [-0.3, -0.25) is 15.0 Å². The van der Waals surface area contributed by atoms with Gasteiger partial charge >= 0.3 is 6.09 Å². The Morgan fingerprint density at radius 1 is 1.35 bits per heavy atom. The van der Waals surface area contributed by atoms with E-state index in [4.69, 9.17) is 4.74 Å². The van der Waals surface area contributed by atoms with Crippen LogP contribution in [0.4, 0.5) is 9.93 Å². The monoisotopic (exact) mass is 441 g/mol. The summed E-state index contributed by atoms with van der Waals surface area (Å²) in [6, 6.07) is 4.06. The molecule has 7 heteroatoms. The number of Topliss-reactive ketones (excluding diaryl/α,β-unsaturated/α-hetero) is 1. The van der Waals surface area contributed by atoms with Gasteiger partial charge in [0.1, 0.15) is 5.60 Å². The Kier molecular flexibility index (Phi) is 4.72. The summed E-state index contributed by atoms with van der Waals surface area (Å²) in [5, 5.41) is 3.24. The Morgan fingerprint density at radius 3 is 2.77 bits per heavy atom. The molecule has 0 spiro atoms. The summed E-state index contributed by atoms with van der Waals surface area (Å²) in [5.41, 5.74) is 2.18. The second-order valence-electron chi connectivity index (χ2n) is 10.7. The number of hydrogen-bond acceptors (Lipinski definition) is 6. The van der Waals surface area contributed by atoms with Crippen molar-refractivity contribution in [3.63, 3.8) is 0 Å². The van der Waals surface area contributed by atoms with E-state index < -0.39 is 11.7 Å². The molecule has 2 bridgehead atoms. The van der Waals surface area contributed by atoms with Gasteiger partial charge in [0, 0.05) is 12.1 Å². The molecule has 3 aliphatic rings. The topological polar surface area (TPSA) is 71.5 Å². The third-order valence-electron chi connectivity index (χ3n) is 7.26. The molecule has 2 aromatic rings. The van der Waals surface area contributed by atoms with Crippen molar-refractivity contribution in [3.05, 3.63) is 23.3 Å². The molecule has 0 radical (unpaired) electrons. The molecule has 1 amide bonds. The lowest BCUT2D eigenvalue weighted by molar-refractivity contribution is 0.0267. The SMILES string of the molecule is C[C@H]1[C@H]2C(=O)c3cc4sc(NC(=O)OC(C)(C)C)nc4cc3[C@]1(C)CCN2CC1CC1. The lowest BCUT2D eigenvalue weighted by Gasteiger charge is -2.53. The van der Waals surface area contributed by atoms with Crippen molar-refractivity contribution in [1.82, 2.24) is 9.88 Å². The number of fused-ring (bicyclic) bond motifs is 5. The van der Waals surface area contributed by atoms with E-state index in [9.17, 15) is 9.59 Å². The van der Waals surface area contributed by atoms with Gasteiger partial charge in [-0.1, -0.05) is 25.2 Å². The first kappa shape index (κ1) is 20.9. The van der Waals surface area contributed by atoms with Crippen LogP contribution in [0.1, 0.15) is 69.8 Å². The van der Waals surface area contributed by atoms with Gasteiger partial charge in [0.15, 0.2) is 10.9 Å². The highest BCUT2D eigenvalue weighted by atomic mass is 32.1. The summed E-state index contributed by atoms with van der Waals surface area (Å²) in [6.45, 7) is 12.1. The average molecular weight is 442 g/mol. The number of ketones is 1. The molecule has 6 nitrogen and oxygen atoms in total. The van der Waals surface area contributed by atoms with Crippen LogP contribution in [-0.4, -0.2) is 46.5 Å². The number of hydrogen-bond donors (Lipinski definition) is 1. The predicted octanol–water partition coefficient (Wildman–Crippen LogP) is 5.22. The Balaban J connectivity index is 1.49. The van der Waals surface area contributed by atoms with Gasteiger partial charge in [-0.25, -0.2) is 9.78 Å². The minimum atomic E-state index is -0.569. The highest BCUT2D eigenvalue weighted by Gasteiger charge is 2.53. The second-order valence-corrected chi connectivity index (χ2v) is 11.7. The number of carbonyl (C=O) groups is 2. The minimum Gasteiger partial charge on any atom is -0.444 e. The molecule has 2 aliphatic carbocycles. The highest BCUT2D eigenvalue weighted by Crippen LogP contribution is 2.50. The van der Waals surface area contributed by atoms with Gasteiger partial charge in [-0.15, -0.1) is 0 Å². The van der Waals surface area contributed by atoms with Crippen molar-refractivity contribution in [2.24, 2.45) is 11.8 Å². The van der Waals surface area contributed by atoms with Crippen LogP contribution in [0, 0.1) is 11.8 Å². The molecule has 2 fully saturated rings. The Bertz CT molecular complexity index is 1070. The lowest BCUT2D eigenvalue weighted by Crippen LogP contribution is -2.61. The summed E-state index contributed by atoms with van der Waals surface area (Å²) < 4.78 is 6.27. The van der Waals surface area contributed by atoms with E-state index in [1.165, 1.54) is 24.2 Å². The molecule has 166 valence electrons. The number of aromatic nitrogens is 1. The molecular formula is C24H31N3O3S. The van der Waals surface area contributed by atoms with Gasteiger partial charge in [0.2, 0.25) is 0 Å². The van der Waals surface area contributed by atoms with Crippen LogP contribution in [0.15, 0.2) is 12.1 Å². The molecular weight excluding hydrogens is 410 g/mol. The van der Waals surface area contributed by atoms with E-state index in [0.29, 0.717) is 5.13 Å². The second kappa shape index (κ2) is 7.01. The zero-order chi connectivity index (χ0) is 22.1. The van der Waals surface area contributed by atoms with Crippen LogP contribution in [0.5, 0.6) is 0 Å². The third kappa shape index (κ3) is 3.65. The van der Waals surface area contributed by atoms with E-state index in [0.717, 1.165) is 46.8 Å². The normalized spacial score (nSPS) is 28.5. The van der Waals surface area contributed by atoms with Gasteiger partial charge in [0.25, 0.3) is 0 Å². The molecule has 1 saturated heterocycles. The summed E-state index contributed by atoms with van der Waals surface area (Å²) in [5.74, 6) is 1.30. The Morgan fingerprint density at radius 2 is 2.10 bits per heavy atom. The fourth-order valence-electron chi connectivity index (χ4n) is 5.27. The quantitative estimate of drug-likeness (QED) is 0.707. The molecule has 1 saturated carbocycles. The maximum absolute atomic E-state index is 13.6. The summed E-state index contributed by atoms with van der Waals surface area (Å²) in [7, 11) is 0. The van der Waals surface area contributed by atoms with Crippen LogP contribution >= 0.6 is 11.3 Å². The number of likely N-dealkylation sites (tertiary alicyclic amines) is 1. The molecule has 1 aromatic heterocycles. The van der Waals surface area contributed by atoms with Gasteiger partial charge < -0.3 is 4.74 Å². The average Bonchev–Trinajstić information content (AvgIpc) is 3.38. The standard InChI is InChI=1S/C24H31N3O3S/c1-13-19-20(28)15-10-18-17(25-21(31-18)26-22(29)30-23(2,3)4)11-16(15)24(13,5)8-9-27(19)12-14-6-7-14/h10-11,13-14,19H,6-9,12H2,1-5H3,(H,25,26,29)/t13-,19-,24+/m0/s1. The third-order valence-corrected chi connectivity index (χ3v) is 8.20. The smallest absolute Gasteiger partial charge is 0.413 e. The van der Waals surface area contributed by atoms with Crippen molar-refractivity contribution < 1.29 is 14.3 Å². The zero-order valence-electron chi connectivity index (χ0n) is 18.9. The molecule has 0 unspecified atom stereocenters. The molecule has 1 aliphatic heterocycles. The number of anilines is 1. The molecule has 1 aromatic carbocycles. The minimum absolute atomic E-state index is 0.0309. The number of nitrogens with one attached hydrogen (secondary N) is 1. The van der Waals surface area contributed by atoms with E-state index in [2.05, 4.69) is 35.1 Å². The summed E-state index contributed by atoms with van der Waals surface area (Å²) in [6.07, 6.45) is 3.14. The number of amides is 1. The largest absolute Gasteiger partial charge is 0.444 e. The molecule has 2 heterocycles. The highest BCUT2D eigenvalue weighted by molar-refractivity contribution is 7.22.